The molecule has 0 amide bonds. The molecule has 10 heteroatoms. The van der Waals surface area contributed by atoms with Gasteiger partial charge in [-0.05, 0) is 53.9 Å². The number of nitrogens with one attached hydrogen (secondary N) is 1. The number of hydrogen-bond donors (Lipinski definition) is 2. The molecule has 0 aliphatic carbocycles. The second-order valence-electron chi connectivity index (χ2n) is 7.48. The third kappa shape index (κ3) is 4.23. The highest BCUT2D eigenvalue weighted by Crippen LogP contribution is 2.38. The lowest BCUT2D eigenvalue weighted by Gasteiger charge is -2.19. The molecule has 1 aromatic heterocycles. The summed E-state index contributed by atoms with van der Waals surface area (Å²) in [6.07, 6.45) is 1.71. The lowest BCUT2D eigenvalue weighted by Crippen LogP contribution is -2.18. The maximum atomic E-state index is 13.7. The Bertz CT molecular complexity index is 1410. The van der Waals surface area contributed by atoms with Crippen molar-refractivity contribution in [2.45, 2.75) is 19.5 Å². The van der Waals surface area contributed by atoms with E-state index >= 15 is 0 Å². The third-order valence-electron chi connectivity index (χ3n) is 5.36. The normalized spacial score (nSPS) is 13.9. The van der Waals surface area contributed by atoms with E-state index in [4.69, 9.17) is 28.2 Å². The van der Waals surface area contributed by atoms with Gasteiger partial charge in [-0.3, -0.25) is 9.79 Å². The van der Waals surface area contributed by atoms with E-state index in [1.807, 2.05) is 0 Å². The number of aromatic nitrogens is 1. The van der Waals surface area contributed by atoms with Gasteiger partial charge in [0.1, 0.15) is 5.82 Å². The van der Waals surface area contributed by atoms with Crippen molar-refractivity contribution < 1.29 is 12.8 Å². The molecule has 32 heavy (non-hydrogen) atoms. The van der Waals surface area contributed by atoms with E-state index in [0.717, 1.165) is 5.56 Å². The number of rotatable bonds is 4. The first-order valence-electron chi connectivity index (χ1n) is 9.60. The van der Waals surface area contributed by atoms with Gasteiger partial charge < -0.3 is 4.57 Å². The van der Waals surface area contributed by atoms with Crippen molar-refractivity contribution in [2.24, 2.45) is 12.0 Å². The quantitative estimate of drug-likeness (QED) is 0.538. The van der Waals surface area contributed by atoms with E-state index in [0.29, 0.717) is 38.6 Å². The van der Waals surface area contributed by atoms with E-state index in [2.05, 4.69) is 4.72 Å². The van der Waals surface area contributed by atoms with Crippen LogP contribution in [0.15, 0.2) is 52.4 Å². The first kappa shape index (κ1) is 22.7. The van der Waals surface area contributed by atoms with Crippen LogP contribution in [-0.4, -0.2) is 18.7 Å². The highest BCUT2D eigenvalue weighted by Gasteiger charge is 2.24. The number of thiol groups is 1. The summed E-state index contributed by atoms with van der Waals surface area (Å²) in [5.74, 6) is -0.473. The van der Waals surface area contributed by atoms with Crippen LogP contribution in [0, 0.1) is 5.82 Å². The van der Waals surface area contributed by atoms with Crippen LogP contribution < -0.4 is 10.3 Å². The average Bonchev–Trinajstić information content (AvgIpc) is 2.84. The summed E-state index contributed by atoms with van der Waals surface area (Å²) in [7, 11) is -1.19. The molecule has 0 bridgehead atoms. The van der Waals surface area contributed by atoms with Crippen molar-refractivity contribution >= 4 is 39.8 Å². The van der Waals surface area contributed by atoms with Crippen molar-refractivity contribution in [1.82, 2.24) is 9.29 Å². The second-order valence-corrected chi connectivity index (χ2v) is 9.06. The van der Waals surface area contributed by atoms with Gasteiger partial charge in [-0.2, -0.15) is 0 Å². The molecule has 0 saturated heterocycles. The van der Waals surface area contributed by atoms with Crippen LogP contribution in [0.1, 0.15) is 35.2 Å². The Labute approximate surface area is 195 Å². The number of hydrogen-bond acceptors (Lipinski definition) is 4. The van der Waals surface area contributed by atoms with Crippen molar-refractivity contribution in [1.29, 1.82) is 0 Å². The number of aryl methyl sites for hydroxylation is 1. The van der Waals surface area contributed by atoms with Gasteiger partial charge in [-0.1, -0.05) is 23.2 Å². The van der Waals surface area contributed by atoms with Crippen molar-refractivity contribution in [3.8, 4) is 11.1 Å². The summed E-state index contributed by atoms with van der Waals surface area (Å²) in [4.78, 5) is 17.0. The third-order valence-corrected chi connectivity index (χ3v) is 6.59. The summed E-state index contributed by atoms with van der Waals surface area (Å²) >= 11 is 12.9. The van der Waals surface area contributed by atoms with Gasteiger partial charge in [0.15, 0.2) is 0 Å². The number of fused-ring (bicyclic) bond motifs is 3. The monoisotopic (exact) mass is 493 g/mol. The molecule has 1 N–H and O–H groups in total. The SMILES string of the molecule is CC(N[SH](=O)=O)c1cc2c(cc1Cl)C(c1ccc(F)cc1Cl)=NCc1cc(=O)n(C)cc1-2. The largest absolute Gasteiger partial charge is 0.318 e. The number of nitrogens with zero attached hydrogens (tertiary/aromatic N) is 2. The molecule has 3 aromatic rings. The Morgan fingerprint density at radius 3 is 2.50 bits per heavy atom. The zero-order valence-electron chi connectivity index (χ0n) is 17.0. The number of halogens is 3. The van der Waals surface area contributed by atoms with Gasteiger partial charge in [0.05, 0.1) is 17.3 Å². The van der Waals surface area contributed by atoms with Crippen LogP contribution in [0.3, 0.4) is 0 Å². The predicted molar refractivity (Wildman–Crippen MR) is 125 cm³/mol. The molecule has 0 saturated carbocycles. The minimum atomic E-state index is -2.84. The van der Waals surface area contributed by atoms with Crippen LogP contribution in [0.5, 0.6) is 0 Å². The van der Waals surface area contributed by atoms with Crippen LogP contribution >= 0.6 is 23.2 Å². The smallest absolute Gasteiger partial charge is 0.250 e. The van der Waals surface area contributed by atoms with Crippen LogP contribution in [0.4, 0.5) is 4.39 Å². The Morgan fingerprint density at radius 1 is 1.06 bits per heavy atom. The molecule has 6 nitrogen and oxygen atoms in total. The summed E-state index contributed by atoms with van der Waals surface area (Å²) < 4.78 is 40.0. The highest BCUT2D eigenvalue weighted by molar-refractivity contribution is 7.70. The molecule has 1 aliphatic heterocycles. The van der Waals surface area contributed by atoms with Crippen molar-refractivity contribution in [3.63, 3.8) is 0 Å². The fourth-order valence-corrected chi connectivity index (χ4v) is 4.81. The van der Waals surface area contributed by atoms with E-state index in [9.17, 15) is 17.6 Å². The van der Waals surface area contributed by atoms with E-state index < -0.39 is 22.7 Å². The number of pyridine rings is 1. The van der Waals surface area contributed by atoms with Crippen molar-refractivity contribution in [2.75, 3.05) is 0 Å². The molecular weight excluding hydrogens is 476 g/mol. The zero-order valence-corrected chi connectivity index (χ0v) is 19.4. The molecular formula is C22H18Cl2FN3O3S. The molecule has 1 atom stereocenters. The molecule has 4 rings (SSSR count). The Hall–Kier alpha value is -2.52. The maximum Gasteiger partial charge on any atom is 0.250 e. The number of aliphatic imine (C=N–C) groups is 1. The molecule has 0 radical (unpaired) electrons. The van der Waals surface area contributed by atoms with Crippen molar-refractivity contribution in [3.05, 3.63) is 91.1 Å². The number of benzene rings is 2. The predicted octanol–water partition coefficient (Wildman–Crippen LogP) is 4.03. The minimum absolute atomic E-state index is 0.184. The van der Waals surface area contributed by atoms with Gasteiger partial charge in [0.2, 0.25) is 10.9 Å². The molecule has 0 fully saturated rings. The first-order valence-corrected chi connectivity index (χ1v) is 11.5. The summed E-state index contributed by atoms with van der Waals surface area (Å²) in [6, 6.07) is 8.47. The summed E-state index contributed by atoms with van der Waals surface area (Å²) in [5, 5.41) is 0.522. The van der Waals surface area contributed by atoms with Crippen LogP contribution in [-0.2, 0) is 24.5 Å². The zero-order chi connectivity index (χ0) is 23.2. The van der Waals surface area contributed by atoms with Gasteiger partial charge in [0, 0.05) is 47.1 Å². The Kier molecular flexibility index (Phi) is 6.22. The Balaban J connectivity index is 2.02. The van der Waals surface area contributed by atoms with Gasteiger partial charge in [0.25, 0.3) is 5.56 Å². The second kappa shape index (κ2) is 8.78. The lowest BCUT2D eigenvalue weighted by atomic mass is 9.90. The molecule has 2 aromatic carbocycles. The molecule has 2 heterocycles. The minimum Gasteiger partial charge on any atom is -0.318 e. The topological polar surface area (TPSA) is 80.5 Å². The fraction of sp³-hybridized carbons (Fsp3) is 0.182. The standard InChI is InChI=1S/C22H18Cl2FN3O3S/c1-11(27-32(30)31)15-7-16-17(8-20(15)24)22(14-4-3-13(25)6-19(14)23)26-9-12-5-21(29)28(2)10-18(12)16/h3-8,10-11,32H,9H2,1-2H3,(H,27,30,31). The van der Waals surface area contributed by atoms with Gasteiger partial charge >= 0.3 is 0 Å². The Morgan fingerprint density at radius 2 is 1.81 bits per heavy atom. The first-order chi connectivity index (χ1) is 15.2. The van der Waals surface area contributed by atoms with E-state index in [1.165, 1.54) is 22.8 Å². The lowest BCUT2D eigenvalue weighted by molar-refractivity contribution is 0.587. The summed E-state index contributed by atoms with van der Waals surface area (Å²) in [5.41, 5.74) is 4.21. The molecule has 0 spiro atoms. The van der Waals surface area contributed by atoms with E-state index in [-0.39, 0.29) is 17.1 Å². The molecule has 166 valence electrons. The fourth-order valence-electron chi connectivity index (χ4n) is 3.77. The maximum absolute atomic E-state index is 13.7. The average molecular weight is 494 g/mol. The van der Waals surface area contributed by atoms with Crippen LogP contribution in [0.25, 0.3) is 11.1 Å². The van der Waals surface area contributed by atoms with Crippen LogP contribution in [0.2, 0.25) is 10.0 Å². The molecule has 1 aliphatic rings. The van der Waals surface area contributed by atoms with Gasteiger partial charge in [-0.25, -0.2) is 17.5 Å². The van der Waals surface area contributed by atoms with E-state index in [1.54, 1.807) is 38.4 Å². The highest BCUT2D eigenvalue weighted by atomic mass is 35.5. The van der Waals surface area contributed by atoms with Gasteiger partial charge in [-0.15, -0.1) is 0 Å². The summed E-state index contributed by atoms with van der Waals surface area (Å²) in [6.45, 7) is 1.89. The molecule has 1 unspecified atom stereocenters.